The lowest BCUT2D eigenvalue weighted by molar-refractivity contribution is -0.117. The number of thiazole rings is 1. The zero-order valence-electron chi connectivity index (χ0n) is 14.1. The summed E-state index contributed by atoms with van der Waals surface area (Å²) in [6.45, 7) is 3.00. The van der Waals surface area contributed by atoms with Crippen LogP contribution in [-0.4, -0.2) is 59.3 Å². The fourth-order valence-electron chi connectivity index (χ4n) is 2.95. The van der Waals surface area contributed by atoms with E-state index in [0.29, 0.717) is 37.9 Å². The van der Waals surface area contributed by atoms with Gasteiger partial charge in [0.2, 0.25) is 5.91 Å². The van der Waals surface area contributed by atoms with Crippen LogP contribution in [0, 0.1) is 0 Å². The van der Waals surface area contributed by atoms with Crippen molar-refractivity contribution in [1.29, 1.82) is 0 Å². The van der Waals surface area contributed by atoms with Gasteiger partial charge in [-0.15, -0.1) is 11.3 Å². The molecule has 1 aromatic carbocycles. The fourth-order valence-corrected chi connectivity index (χ4v) is 4.53. The second-order valence-electron chi connectivity index (χ2n) is 6.08. The normalized spacial score (nSPS) is 15.3. The number of anilines is 1. The molecule has 1 saturated heterocycles. The van der Waals surface area contributed by atoms with Gasteiger partial charge < -0.3 is 10.2 Å². The standard InChI is InChI=1S/C18H18N4O2S2/c23-16(20-18-19-13-4-1-2-5-14(13)26-18)12-21-7-9-22(10-8-21)17(24)15-6-3-11-25-15/h1-6,11H,7-10,12H2,(H,19,20,23). The summed E-state index contributed by atoms with van der Waals surface area (Å²) in [6.07, 6.45) is 0. The first-order chi connectivity index (χ1) is 12.7. The molecule has 0 radical (unpaired) electrons. The first-order valence-corrected chi connectivity index (χ1v) is 10.1. The van der Waals surface area contributed by atoms with Crippen molar-refractivity contribution >= 4 is 49.8 Å². The Labute approximate surface area is 159 Å². The Morgan fingerprint density at radius 1 is 1.08 bits per heavy atom. The summed E-state index contributed by atoms with van der Waals surface area (Å²) >= 11 is 2.94. The van der Waals surface area contributed by atoms with Gasteiger partial charge in [0.1, 0.15) is 0 Å². The quantitative estimate of drug-likeness (QED) is 0.749. The van der Waals surface area contributed by atoms with Gasteiger partial charge in [0.05, 0.1) is 21.6 Å². The van der Waals surface area contributed by atoms with Gasteiger partial charge in [0.25, 0.3) is 5.91 Å². The minimum Gasteiger partial charge on any atom is -0.335 e. The number of para-hydroxylation sites is 1. The monoisotopic (exact) mass is 386 g/mol. The first kappa shape index (κ1) is 17.1. The predicted molar refractivity (Wildman–Crippen MR) is 105 cm³/mol. The van der Waals surface area contributed by atoms with Crippen LogP contribution in [0.4, 0.5) is 5.13 Å². The van der Waals surface area contributed by atoms with Crippen LogP contribution in [0.5, 0.6) is 0 Å². The third kappa shape index (κ3) is 3.77. The van der Waals surface area contributed by atoms with Gasteiger partial charge in [-0.2, -0.15) is 0 Å². The minimum absolute atomic E-state index is 0.0675. The number of nitrogens with zero attached hydrogens (tertiary/aromatic N) is 3. The molecule has 8 heteroatoms. The number of nitrogens with one attached hydrogen (secondary N) is 1. The highest BCUT2D eigenvalue weighted by atomic mass is 32.1. The zero-order chi connectivity index (χ0) is 17.9. The summed E-state index contributed by atoms with van der Waals surface area (Å²) in [5, 5.41) is 5.42. The maximum absolute atomic E-state index is 12.3. The third-order valence-electron chi connectivity index (χ3n) is 4.30. The lowest BCUT2D eigenvalue weighted by atomic mass is 10.3. The number of amides is 2. The van der Waals surface area contributed by atoms with E-state index in [0.717, 1.165) is 15.1 Å². The molecule has 2 amide bonds. The van der Waals surface area contributed by atoms with Crippen molar-refractivity contribution in [2.24, 2.45) is 0 Å². The van der Waals surface area contributed by atoms with Crippen molar-refractivity contribution in [1.82, 2.24) is 14.8 Å². The van der Waals surface area contributed by atoms with Crippen LogP contribution in [0.15, 0.2) is 41.8 Å². The molecule has 0 unspecified atom stereocenters. The first-order valence-electron chi connectivity index (χ1n) is 8.39. The molecule has 1 fully saturated rings. The van der Waals surface area contributed by atoms with Crippen molar-refractivity contribution in [2.75, 3.05) is 38.0 Å². The molecule has 0 bridgehead atoms. The molecule has 3 aromatic rings. The molecule has 3 heterocycles. The van der Waals surface area contributed by atoms with E-state index in [1.54, 1.807) is 0 Å². The predicted octanol–water partition coefficient (Wildman–Crippen LogP) is 2.75. The molecule has 26 heavy (non-hydrogen) atoms. The number of rotatable bonds is 4. The van der Waals surface area contributed by atoms with Crippen LogP contribution >= 0.6 is 22.7 Å². The average Bonchev–Trinajstić information content (AvgIpc) is 3.31. The van der Waals surface area contributed by atoms with Crippen LogP contribution in [0.25, 0.3) is 10.2 Å². The highest BCUT2D eigenvalue weighted by Gasteiger charge is 2.24. The summed E-state index contributed by atoms with van der Waals surface area (Å²) in [5.41, 5.74) is 0.897. The van der Waals surface area contributed by atoms with E-state index in [1.165, 1.54) is 22.7 Å². The molecule has 2 aromatic heterocycles. The molecule has 4 rings (SSSR count). The van der Waals surface area contributed by atoms with Gasteiger partial charge in [0.15, 0.2) is 5.13 Å². The summed E-state index contributed by atoms with van der Waals surface area (Å²) < 4.78 is 1.06. The number of benzene rings is 1. The minimum atomic E-state index is -0.0675. The average molecular weight is 387 g/mol. The van der Waals surface area contributed by atoms with Gasteiger partial charge in [0, 0.05) is 26.2 Å². The molecule has 1 aliphatic heterocycles. The third-order valence-corrected chi connectivity index (χ3v) is 6.11. The van der Waals surface area contributed by atoms with E-state index in [4.69, 9.17) is 0 Å². The Balaban J connectivity index is 1.28. The maximum atomic E-state index is 12.3. The smallest absolute Gasteiger partial charge is 0.264 e. The summed E-state index contributed by atoms with van der Waals surface area (Å²) in [6, 6.07) is 11.6. The van der Waals surface area contributed by atoms with Gasteiger partial charge in [-0.05, 0) is 23.6 Å². The zero-order valence-corrected chi connectivity index (χ0v) is 15.7. The van der Waals surface area contributed by atoms with E-state index in [-0.39, 0.29) is 11.8 Å². The molecular formula is C18H18N4O2S2. The number of fused-ring (bicyclic) bond motifs is 1. The SMILES string of the molecule is O=C(CN1CCN(C(=O)c2cccs2)CC1)Nc1nc2ccccc2s1. The Morgan fingerprint density at radius 3 is 2.62 bits per heavy atom. The lowest BCUT2D eigenvalue weighted by Gasteiger charge is -2.34. The highest BCUT2D eigenvalue weighted by molar-refractivity contribution is 7.22. The molecule has 6 nitrogen and oxygen atoms in total. The summed E-state index contributed by atoms with van der Waals surface area (Å²) in [7, 11) is 0. The largest absolute Gasteiger partial charge is 0.335 e. The summed E-state index contributed by atoms with van der Waals surface area (Å²) in [5.74, 6) is 0.0145. The summed E-state index contributed by atoms with van der Waals surface area (Å²) in [4.78, 5) is 33.8. The fraction of sp³-hybridized carbons (Fsp3) is 0.278. The number of hydrogen-bond acceptors (Lipinski definition) is 6. The van der Waals surface area contributed by atoms with Crippen molar-refractivity contribution in [3.63, 3.8) is 0 Å². The van der Waals surface area contributed by atoms with Gasteiger partial charge in [-0.25, -0.2) is 4.98 Å². The lowest BCUT2D eigenvalue weighted by Crippen LogP contribution is -2.50. The van der Waals surface area contributed by atoms with E-state index in [1.807, 2.05) is 46.7 Å². The molecule has 0 atom stereocenters. The molecule has 1 aliphatic rings. The Morgan fingerprint density at radius 2 is 1.88 bits per heavy atom. The van der Waals surface area contributed by atoms with Crippen molar-refractivity contribution < 1.29 is 9.59 Å². The number of piperazine rings is 1. The van der Waals surface area contributed by atoms with Crippen LogP contribution in [0.1, 0.15) is 9.67 Å². The van der Waals surface area contributed by atoms with E-state index < -0.39 is 0 Å². The second kappa shape index (κ2) is 7.53. The van der Waals surface area contributed by atoms with Crippen molar-refractivity contribution in [3.8, 4) is 0 Å². The van der Waals surface area contributed by atoms with E-state index in [2.05, 4.69) is 15.2 Å². The number of carbonyl (C=O) groups is 2. The molecule has 134 valence electrons. The topological polar surface area (TPSA) is 65.5 Å². The van der Waals surface area contributed by atoms with E-state index >= 15 is 0 Å². The van der Waals surface area contributed by atoms with E-state index in [9.17, 15) is 9.59 Å². The molecule has 0 spiro atoms. The molecular weight excluding hydrogens is 368 g/mol. The van der Waals surface area contributed by atoms with Crippen LogP contribution in [0.2, 0.25) is 0 Å². The van der Waals surface area contributed by atoms with Crippen LogP contribution < -0.4 is 5.32 Å². The number of hydrogen-bond donors (Lipinski definition) is 1. The number of thiophene rings is 1. The molecule has 0 saturated carbocycles. The van der Waals surface area contributed by atoms with Crippen LogP contribution in [-0.2, 0) is 4.79 Å². The van der Waals surface area contributed by atoms with Gasteiger partial charge in [-0.1, -0.05) is 29.5 Å². The molecule has 1 N–H and O–H groups in total. The van der Waals surface area contributed by atoms with Crippen LogP contribution in [0.3, 0.4) is 0 Å². The second-order valence-corrected chi connectivity index (χ2v) is 8.06. The number of aromatic nitrogens is 1. The Kier molecular flexibility index (Phi) is 4.96. The Hall–Kier alpha value is -2.29. The highest BCUT2D eigenvalue weighted by Crippen LogP contribution is 2.25. The van der Waals surface area contributed by atoms with Crippen molar-refractivity contribution in [3.05, 3.63) is 46.7 Å². The Bertz CT molecular complexity index is 881. The van der Waals surface area contributed by atoms with Gasteiger partial charge in [-0.3, -0.25) is 14.5 Å². The number of carbonyl (C=O) groups excluding carboxylic acids is 2. The maximum Gasteiger partial charge on any atom is 0.264 e. The van der Waals surface area contributed by atoms with Gasteiger partial charge >= 0.3 is 0 Å². The van der Waals surface area contributed by atoms with Crippen molar-refractivity contribution in [2.45, 2.75) is 0 Å². The molecule has 0 aliphatic carbocycles.